The van der Waals surface area contributed by atoms with Crippen molar-refractivity contribution in [3.05, 3.63) is 42.2 Å². The Morgan fingerprint density at radius 2 is 2.21 bits per heavy atom. The fraction of sp³-hybridized carbons (Fsp3) is 0.444. The van der Waals surface area contributed by atoms with Crippen molar-refractivity contribution in [1.29, 1.82) is 0 Å². The summed E-state index contributed by atoms with van der Waals surface area (Å²) in [5, 5.41) is 4.08. The number of hydrogen-bond acceptors (Lipinski definition) is 4. The van der Waals surface area contributed by atoms with Gasteiger partial charge in [0.05, 0.1) is 12.3 Å². The maximum atomic E-state index is 11.1. The number of ether oxygens (including phenoxy) is 1. The van der Waals surface area contributed by atoms with E-state index >= 15 is 0 Å². The van der Waals surface area contributed by atoms with Gasteiger partial charge in [-0.15, -0.1) is 0 Å². The van der Waals surface area contributed by atoms with Crippen molar-refractivity contribution in [2.75, 3.05) is 19.7 Å². The van der Waals surface area contributed by atoms with Gasteiger partial charge in [-0.05, 0) is 57.0 Å². The fourth-order valence-corrected chi connectivity index (χ4v) is 3.02. The van der Waals surface area contributed by atoms with Crippen LogP contribution in [0.1, 0.15) is 36.7 Å². The van der Waals surface area contributed by atoms with E-state index in [9.17, 15) is 4.79 Å². The quantitative estimate of drug-likeness (QED) is 0.790. The molecule has 2 N–H and O–H groups in total. The van der Waals surface area contributed by atoms with Gasteiger partial charge < -0.3 is 15.4 Å². The Kier molecular flexibility index (Phi) is 5.15. The number of hydrogen-bond donors (Lipinski definition) is 1. The third-order valence-corrected chi connectivity index (χ3v) is 4.41. The zero-order valence-electron chi connectivity index (χ0n) is 13.9. The summed E-state index contributed by atoms with van der Waals surface area (Å²) in [6.45, 7) is 5.31. The summed E-state index contributed by atoms with van der Waals surface area (Å²) in [4.78, 5) is 13.6. The topological polar surface area (TPSA) is 73.4 Å². The summed E-state index contributed by atoms with van der Waals surface area (Å²) in [5.41, 5.74) is 6.14. The van der Waals surface area contributed by atoms with Crippen molar-refractivity contribution in [3.8, 4) is 11.4 Å². The molecule has 3 rings (SSSR count). The average Bonchev–Trinajstić information content (AvgIpc) is 3.22. The standard InChI is InChI=1S/C18H23N4O2/c1-14-4-2-10-21(14)11-3-13-24-16-7-5-15(6-8-16)22-12-9-17(20-22)18(19)23/h5-8,12,14H,2-4,10-11,13H2,1H3,(H2,19,23). The number of likely N-dealkylation sites (tertiary alicyclic amines) is 1. The minimum atomic E-state index is -0.582. The number of nitrogens with zero attached hydrogens (tertiary/aromatic N) is 3. The Labute approximate surface area is 142 Å². The van der Waals surface area contributed by atoms with Gasteiger partial charge in [0.1, 0.15) is 5.75 Å². The van der Waals surface area contributed by atoms with Crippen molar-refractivity contribution in [3.63, 3.8) is 0 Å². The third kappa shape index (κ3) is 3.94. The lowest BCUT2D eigenvalue weighted by Gasteiger charge is -2.20. The van der Waals surface area contributed by atoms with Crippen molar-refractivity contribution >= 4 is 5.91 Å². The molecule has 1 aromatic carbocycles. The van der Waals surface area contributed by atoms with Crippen LogP contribution in [0.4, 0.5) is 0 Å². The van der Waals surface area contributed by atoms with Crippen LogP contribution in [0, 0.1) is 6.07 Å². The molecule has 0 aliphatic carbocycles. The van der Waals surface area contributed by atoms with E-state index in [1.54, 1.807) is 10.9 Å². The smallest absolute Gasteiger partial charge is 0.269 e. The lowest BCUT2D eigenvalue weighted by atomic mass is 10.2. The van der Waals surface area contributed by atoms with Gasteiger partial charge in [0.25, 0.3) is 5.91 Å². The zero-order chi connectivity index (χ0) is 16.9. The normalized spacial score (nSPS) is 18.0. The molecular formula is C18H23N4O2. The van der Waals surface area contributed by atoms with Crippen LogP contribution in [0.15, 0.2) is 30.5 Å². The van der Waals surface area contributed by atoms with Crippen LogP contribution < -0.4 is 10.5 Å². The van der Waals surface area contributed by atoms with Gasteiger partial charge in [-0.2, -0.15) is 5.10 Å². The van der Waals surface area contributed by atoms with E-state index < -0.39 is 5.91 Å². The first kappa shape index (κ1) is 16.5. The minimum Gasteiger partial charge on any atom is -0.494 e. The van der Waals surface area contributed by atoms with Gasteiger partial charge in [-0.25, -0.2) is 4.68 Å². The van der Waals surface area contributed by atoms with E-state index in [0.29, 0.717) is 12.6 Å². The first-order valence-corrected chi connectivity index (χ1v) is 8.38. The predicted octanol–water partition coefficient (Wildman–Crippen LogP) is 2.02. The highest BCUT2D eigenvalue weighted by molar-refractivity contribution is 5.90. The summed E-state index contributed by atoms with van der Waals surface area (Å²) >= 11 is 0. The predicted molar refractivity (Wildman–Crippen MR) is 91.3 cm³/mol. The van der Waals surface area contributed by atoms with E-state index in [1.807, 2.05) is 24.3 Å². The van der Waals surface area contributed by atoms with Gasteiger partial charge in [0.2, 0.25) is 0 Å². The van der Waals surface area contributed by atoms with Crippen LogP contribution in [-0.2, 0) is 0 Å². The summed E-state index contributed by atoms with van der Waals surface area (Å²) < 4.78 is 7.37. The van der Waals surface area contributed by atoms with Crippen LogP contribution in [-0.4, -0.2) is 46.3 Å². The van der Waals surface area contributed by atoms with Gasteiger partial charge in [0.15, 0.2) is 5.69 Å². The molecule has 2 aromatic rings. The number of amides is 1. The fourth-order valence-electron chi connectivity index (χ4n) is 3.02. The molecule has 1 aliphatic rings. The molecule has 1 aromatic heterocycles. The van der Waals surface area contributed by atoms with Crippen LogP contribution in [0.5, 0.6) is 5.75 Å². The van der Waals surface area contributed by atoms with E-state index in [2.05, 4.69) is 23.0 Å². The number of primary amides is 1. The highest BCUT2D eigenvalue weighted by Gasteiger charge is 2.19. The monoisotopic (exact) mass is 327 g/mol. The summed E-state index contributed by atoms with van der Waals surface area (Å²) in [6.07, 6.45) is 5.24. The molecule has 1 saturated heterocycles. The van der Waals surface area contributed by atoms with Crippen molar-refractivity contribution < 1.29 is 9.53 Å². The van der Waals surface area contributed by atoms with Gasteiger partial charge in [-0.1, -0.05) is 0 Å². The molecule has 1 radical (unpaired) electrons. The van der Waals surface area contributed by atoms with Crippen molar-refractivity contribution in [1.82, 2.24) is 14.7 Å². The second-order valence-corrected chi connectivity index (χ2v) is 6.15. The second-order valence-electron chi connectivity index (χ2n) is 6.15. The summed E-state index contributed by atoms with van der Waals surface area (Å²) in [6, 6.07) is 11.0. The van der Waals surface area contributed by atoms with E-state index in [1.165, 1.54) is 19.4 Å². The summed E-state index contributed by atoms with van der Waals surface area (Å²) in [5.74, 6) is 0.250. The first-order valence-electron chi connectivity index (χ1n) is 8.38. The Morgan fingerprint density at radius 3 is 2.83 bits per heavy atom. The Hall–Kier alpha value is -2.34. The van der Waals surface area contributed by atoms with Crippen LogP contribution in [0.3, 0.4) is 0 Å². The van der Waals surface area contributed by atoms with E-state index in [-0.39, 0.29) is 5.69 Å². The molecular weight excluding hydrogens is 304 g/mol. The molecule has 0 bridgehead atoms. The highest BCUT2D eigenvalue weighted by atomic mass is 16.5. The van der Waals surface area contributed by atoms with E-state index in [0.717, 1.165) is 24.4 Å². The largest absolute Gasteiger partial charge is 0.494 e. The maximum absolute atomic E-state index is 11.1. The number of aromatic nitrogens is 2. The van der Waals surface area contributed by atoms with Crippen LogP contribution in [0.25, 0.3) is 5.69 Å². The van der Waals surface area contributed by atoms with Crippen molar-refractivity contribution in [2.24, 2.45) is 5.73 Å². The molecule has 2 heterocycles. The molecule has 24 heavy (non-hydrogen) atoms. The molecule has 1 amide bonds. The SMILES string of the molecule is CC1CCCN1CCCOc1ccc(-n2c[c]c(C(N)=O)n2)cc1. The number of rotatable bonds is 7. The molecule has 127 valence electrons. The molecule has 1 fully saturated rings. The highest BCUT2D eigenvalue weighted by Crippen LogP contribution is 2.17. The van der Waals surface area contributed by atoms with Gasteiger partial charge >= 0.3 is 0 Å². The molecule has 1 unspecified atom stereocenters. The molecule has 0 saturated carbocycles. The van der Waals surface area contributed by atoms with E-state index in [4.69, 9.17) is 10.5 Å². The van der Waals surface area contributed by atoms with Crippen LogP contribution in [0.2, 0.25) is 0 Å². The Balaban J connectivity index is 1.48. The number of benzene rings is 1. The van der Waals surface area contributed by atoms with Gasteiger partial charge in [-0.3, -0.25) is 4.79 Å². The summed E-state index contributed by atoms with van der Waals surface area (Å²) in [7, 11) is 0. The molecule has 6 heteroatoms. The molecule has 1 atom stereocenters. The Bertz CT molecular complexity index is 681. The van der Waals surface area contributed by atoms with Crippen molar-refractivity contribution in [2.45, 2.75) is 32.2 Å². The molecule has 0 spiro atoms. The number of carbonyl (C=O) groups is 1. The average molecular weight is 327 g/mol. The third-order valence-electron chi connectivity index (χ3n) is 4.41. The zero-order valence-corrected chi connectivity index (χ0v) is 13.9. The molecule has 6 nitrogen and oxygen atoms in total. The molecule has 1 aliphatic heterocycles. The van der Waals surface area contributed by atoms with Crippen LogP contribution >= 0.6 is 0 Å². The first-order chi connectivity index (χ1) is 11.6. The minimum absolute atomic E-state index is 0.131. The van der Waals surface area contributed by atoms with Gasteiger partial charge in [0, 0.05) is 24.8 Å². The number of carbonyl (C=O) groups excluding carboxylic acids is 1. The number of nitrogens with two attached hydrogens (primary N) is 1. The Morgan fingerprint density at radius 1 is 1.42 bits per heavy atom. The lowest BCUT2D eigenvalue weighted by molar-refractivity contribution is 0.0995. The maximum Gasteiger partial charge on any atom is 0.269 e. The second kappa shape index (κ2) is 7.49. The lowest BCUT2D eigenvalue weighted by Crippen LogP contribution is -2.28.